The number of hydrogen-bond donors (Lipinski definition) is 1. The van der Waals surface area contributed by atoms with Crippen molar-refractivity contribution in [3.8, 4) is 0 Å². The van der Waals surface area contributed by atoms with Gasteiger partial charge in [-0.05, 0) is 51.0 Å². The third kappa shape index (κ3) is 3.61. The summed E-state index contributed by atoms with van der Waals surface area (Å²) in [6.45, 7) is 4.88. The highest BCUT2D eigenvalue weighted by atomic mass is 16.2. The minimum atomic E-state index is -0.0274. The quantitative estimate of drug-likeness (QED) is 0.850. The van der Waals surface area contributed by atoms with Crippen molar-refractivity contribution in [3.05, 3.63) is 22.5 Å². The maximum Gasteiger partial charge on any atom is 0.270 e. The first kappa shape index (κ1) is 19.2. The van der Waals surface area contributed by atoms with Crippen LogP contribution in [0.4, 0.5) is 0 Å². The molecule has 1 N–H and O–H groups in total. The number of aromatic amines is 1. The molecule has 152 valence electrons. The number of amides is 2. The van der Waals surface area contributed by atoms with E-state index < -0.39 is 0 Å². The van der Waals surface area contributed by atoms with Gasteiger partial charge in [-0.3, -0.25) is 14.4 Å². The monoisotopic (exact) mass is 385 g/mol. The molecule has 2 aliphatic heterocycles. The Morgan fingerprint density at radius 2 is 1.57 bits per heavy atom. The molecule has 1 aliphatic carbocycles. The van der Waals surface area contributed by atoms with E-state index in [9.17, 15) is 14.4 Å². The fourth-order valence-corrected chi connectivity index (χ4v) is 5.02. The van der Waals surface area contributed by atoms with E-state index in [1.165, 1.54) is 12.8 Å². The summed E-state index contributed by atoms with van der Waals surface area (Å²) < 4.78 is 0. The van der Waals surface area contributed by atoms with Crippen molar-refractivity contribution in [2.24, 2.45) is 5.92 Å². The summed E-state index contributed by atoms with van der Waals surface area (Å²) >= 11 is 0. The molecule has 0 radical (unpaired) electrons. The highest BCUT2D eigenvalue weighted by molar-refractivity contribution is 6.04. The third-order valence-corrected chi connectivity index (χ3v) is 6.70. The zero-order valence-corrected chi connectivity index (χ0v) is 16.9. The lowest BCUT2D eigenvalue weighted by Crippen LogP contribution is -2.44. The number of rotatable bonds is 2. The zero-order valence-electron chi connectivity index (χ0n) is 16.9. The van der Waals surface area contributed by atoms with Gasteiger partial charge in [-0.15, -0.1) is 0 Å². The number of Topliss-reactive ketones (excluding diaryl/α,β-unsaturated/α-hetero) is 1. The Balaban J connectivity index is 1.39. The topological polar surface area (TPSA) is 73.5 Å². The summed E-state index contributed by atoms with van der Waals surface area (Å²) in [5.74, 6) is 0.448. The lowest BCUT2D eigenvalue weighted by Gasteiger charge is -2.34. The zero-order chi connectivity index (χ0) is 19.7. The summed E-state index contributed by atoms with van der Waals surface area (Å²) in [6.07, 6.45) is 8.39. The van der Waals surface area contributed by atoms with Gasteiger partial charge >= 0.3 is 0 Å². The molecular weight excluding hydrogens is 354 g/mol. The molecule has 1 aromatic heterocycles. The molecule has 0 unspecified atom stereocenters. The Morgan fingerprint density at radius 3 is 2.21 bits per heavy atom. The predicted octanol–water partition coefficient (Wildman–Crippen LogP) is 3.10. The lowest BCUT2D eigenvalue weighted by atomic mass is 9.93. The van der Waals surface area contributed by atoms with Crippen molar-refractivity contribution < 1.29 is 14.4 Å². The maximum atomic E-state index is 13.1. The molecule has 0 atom stereocenters. The van der Waals surface area contributed by atoms with Crippen LogP contribution in [0.1, 0.15) is 83.5 Å². The summed E-state index contributed by atoms with van der Waals surface area (Å²) in [6, 6.07) is 0. The first-order valence-corrected chi connectivity index (χ1v) is 10.9. The van der Waals surface area contributed by atoms with E-state index in [0.717, 1.165) is 68.4 Å². The Morgan fingerprint density at radius 1 is 0.893 bits per heavy atom. The SMILES string of the molecule is Cc1c(C(=O)N2CCC(C(=O)N3CCCCCC3)CC2)[nH]c2c1C(=O)CCC2. The van der Waals surface area contributed by atoms with E-state index in [2.05, 4.69) is 4.98 Å². The van der Waals surface area contributed by atoms with Gasteiger partial charge in [-0.1, -0.05) is 12.8 Å². The summed E-state index contributed by atoms with van der Waals surface area (Å²) in [5.41, 5.74) is 3.02. The van der Waals surface area contributed by atoms with Gasteiger partial charge in [0.2, 0.25) is 5.91 Å². The van der Waals surface area contributed by atoms with Crippen LogP contribution < -0.4 is 0 Å². The number of H-pyrrole nitrogens is 1. The molecule has 3 heterocycles. The minimum Gasteiger partial charge on any atom is -0.354 e. The van der Waals surface area contributed by atoms with Crippen LogP contribution in [-0.4, -0.2) is 58.6 Å². The normalized spacial score (nSPS) is 21.4. The smallest absolute Gasteiger partial charge is 0.270 e. The van der Waals surface area contributed by atoms with Crippen molar-refractivity contribution in [3.63, 3.8) is 0 Å². The van der Waals surface area contributed by atoms with E-state index >= 15 is 0 Å². The van der Waals surface area contributed by atoms with Crippen molar-refractivity contribution in [1.82, 2.24) is 14.8 Å². The first-order valence-electron chi connectivity index (χ1n) is 10.9. The number of aromatic nitrogens is 1. The number of likely N-dealkylation sites (tertiary alicyclic amines) is 2. The number of piperidine rings is 1. The predicted molar refractivity (Wildman–Crippen MR) is 106 cm³/mol. The minimum absolute atomic E-state index is 0.0274. The van der Waals surface area contributed by atoms with Gasteiger partial charge in [0.25, 0.3) is 5.91 Å². The highest BCUT2D eigenvalue weighted by Crippen LogP contribution is 2.28. The number of aryl methyl sites for hydroxylation is 1. The molecule has 0 saturated carbocycles. The standard InChI is InChI=1S/C22H31N3O3/c1-15-19-17(7-6-8-18(19)26)23-20(15)22(28)25-13-9-16(10-14-25)21(27)24-11-4-2-3-5-12-24/h16,23H,2-14H2,1H3. The first-order chi connectivity index (χ1) is 13.6. The molecule has 4 rings (SSSR count). The Hall–Kier alpha value is -2.11. The number of fused-ring (bicyclic) bond motifs is 1. The summed E-state index contributed by atoms with van der Waals surface area (Å²) in [5, 5.41) is 0. The average molecular weight is 386 g/mol. The highest BCUT2D eigenvalue weighted by Gasteiger charge is 2.33. The molecule has 6 nitrogen and oxygen atoms in total. The second kappa shape index (κ2) is 8.10. The second-order valence-electron chi connectivity index (χ2n) is 8.56. The van der Waals surface area contributed by atoms with Crippen LogP contribution in [0, 0.1) is 12.8 Å². The Kier molecular flexibility index (Phi) is 5.56. The fraction of sp³-hybridized carbons (Fsp3) is 0.682. The number of ketones is 1. The number of hydrogen-bond acceptors (Lipinski definition) is 3. The van der Waals surface area contributed by atoms with Crippen molar-refractivity contribution >= 4 is 17.6 Å². The third-order valence-electron chi connectivity index (χ3n) is 6.70. The largest absolute Gasteiger partial charge is 0.354 e. The molecule has 0 spiro atoms. The molecule has 0 aromatic carbocycles. The van der Waals surface area contributed by atoms with E-state index in [4.69, 9.17) is 0 Å². The van der Waals surface area contributed by atoms with Crippen LogP contribution in [-0.2, 0) is 11.2 Å². The molecule has 0 bridgehead atoms. The van der Waals surface area contributed by atoms with Crippen molar-refractivity contribution in [2.75, 3.05) is 26.2 Å². The molecular formula is C22H31N3O3. The number of carbonyl (C=O) groups is 3. The number of carbonyl (C=O) groups excluding carboxylic acids is 3. The average Bonchev–Trinajstić information content (AvgIpc) is 2.88. The lowest BCUT2D eigenvalue weighted by molar-refractivity contribution is -0.136. The summed E-state index contributed by atoms with van der Waals surface area (Å²) in [7, 11) is 0. The number of nitrogens with one attached hydrogen (secondary N) is 1. The second-order valence-corrected chi connectivity index (χ2v) is 8.56. The van der Waals surface area contributed by atoms with Crippen molar-refractivity contribution in [1.29, 1.82) is 0 Å². The number of nitrogens with zero attached hydrogens (tertiary/aromatic N) is 2. The summed E-state index contributed by atoms with van der Waals surface area (Å²) in [4.78, 5) is 45.3. The molecule has 28 heavy (non-hydrogen) atoms. The van der Waals surface area contributed by atoms with Gasteiger partial charge in [0.1, 0.15) is 5.69 Å². The van der Waals surface area contributed by atoms with Crippen molar-refractivity contribution in [2.45, 2.75) is 64.7 Å². The van der Waals surface area contributed by atoms with Crippen LogP contribution in [0.15, 0.2) is 0 Å². The van der Waals surface area contributed by atoms with E-state index in [1.807, 2.05) is 16.7 Å². The Labute approximate surface area is 166 Å². The van der Waals surface area contributed by atoms with Gasteiger partial charge in [0.05, 0.1) is 0 Å². The molecule has 2 amide bonds. The van der Waals surface area contributed by atoms with Gasteiger partial charge < -0.3 is 14.8 Å². The van der Waals surface area contributed by atoms with E-state index in [0.29, 0.717) is 25.2 Å². The van der Waals surface area contributed by atoms with E-state index in [1.54, 1.807) is 0 Å². The molecule has 3 aliphatic rings. The molecule has 6 heteroatoms. The molecule has 2 fully saturated rings. The molecule has 2 saturated heterocycles. The van der Waals surface area contributed by atoms with Gasteiger partial charge in [0, 0.05) is 49.8 Å². The maximum absolute atomic E-state index is 13.1. The Bertz CT molecular complexity index is 766. The van der Waals surface area contributed by atoms with Crippen LogP contribution in [0.2, 0.25) is 0 Å². The van der Waals surface area contributed by atoms with Gasteiger partial charge in [-0.25, -0.2) is 0 Å². The van der Waals surface area contributed by atoms with Crippen LogP contribution >= 0.6 is 0 Å². The van der Waals surface area contributed by atoms with Crippen LogP contribution in [0.5, 0.6) is 0 Å². The fourth-order valence-electron chi connectivity index (χ4n) is 5.02. The van der Waals surface area contributed by atoms with Gasteiger partial charge in [0.15, 0.2) is 5.78 Å². The van der Waals surface area contributed by atoms with E-state index in [-0.39, 0.29) is 23.5 Å². The van der Waals surface area contributed by atoms with Crippen LogP contribution in [0.25, 0.3) is 0 Å². The molecule has 1 aromatic rings. The van der Waals surface area contributed by atoms with Gasteiger partial charge in [-0.2, -0.15) is 0 Å². The van der Waals surface area contributed by atoms with Crippen LogP contribution in [0.3, 0.4) is 0 Å².